The number of rotatable bonds is 2. The fraction of sp³-hybridized carbons (Fsp3) is 0.300. The maximum absolute atomic E-state index is 13.1. The molecule has 1 amide bonds. The Morgan fingerprint density at radius 1 is 1.43 bits per heavy atom. The Morgan fingerprint density at radius 2 is 2.14 bits per heavy atom. The van der Waals surface area contributed by atoms with E-state index in [0.29, 0.717) is 13.1 Å². The van der Waals surface area contributed by atoms with E-state index in [9.17, 15) is 9.18 Å². The van der Waals surface area contributed by atoms with Crippen LogP contribution in [0.1, 0.15) is 0 Å². The third-order valence-corrected chi connectivity index (χ3v) is 2.28. The first-order chi connectivity index (χ1) is 6.77. The van der Waals surface area contributed by atoms with Gasteiger partial charge < -0.3 is 10.6 Å². The summed E-state index contributed by atoms with van der Waals surface area (Å²) in [5.74, 6) is -0.531. The number of carbonyl (C=O) groups excluding carboxylic acids is 1. The van der Waals surface area contributed by atoms with Crippen molar-refractivity contribution >= 4 is 11.6 Å². The van der Waals surface area contributed by atoms with Gasteiger partial charge in [-0.15, -0.1) is 0 Å². The van der Waals surface area contributed by atoms with Crippen LogP contribution in [0, 0.1) is 11.7 Å². The van der Waals surface area contributed by atoms with E-state index in [1.807, 2.05) is 0 Å². The van der Waals surface area contributed by atoms with Gasteiger partial charge in [-0.2, -0.15) is 0 Å². The molecule has 1 aromatic carbocycles. The normalized spacial score (nSPS) is 16.1. The van der Waals surface area contributed by atoms with E-state index in [4.69, 9.17) is 0 Å². The maximum Gasteiger partial charge on any atom is 0.230 e. The van der Waals surface area contributed by atoms with Gasteiger partial charge in [0.2, 0.25) is 5.91 Å². The van der Waals surface area contributed by atoms with Gasteiger partial charge in [0.1, 0.15) is 5.82 Å². The topological polar surface area (TPSA) is 41.1 Å². The van der Waals surface area contributed by atoms with Crippen LogP contribution in [-0.4, -0.2) is 19.0 Å². The molecule has 0 atom stereocenters. The molecule has 0 aliphatic carbocycles. The molecule has 1 aromatic rings. The molecule has 0 aromatic heterocycles. The van der Waals surface area contributed by atoms with Gasteiger partial charge in [-0.05, 0) is 12.1 Å². The van der Waals surface area contributed by atoms with E-state index in [0.717, 1.165) is 0 Å². The largest absolute Gasteiger partial charge is 0.323 e. The van der Waals surface area contributed by atoms with Gasteiger partial charge in [0, 0.05) is 13.1 Å². The second-order valence-electron chi connectivity index (χ2n) is 3.32. The van der Waals surface area contributed by atoms with Crippen LogP contribution in [0.3, 0.4) is 0 Å². The first-order valence-corrected chi connectivity index (χ1v) is 4.53. The van der Waals surface area contributed by atoms with Gasteiger partial charge in [-0.1, -0.05) is 12.1 Å². The minimum absolute atomic E-state index is 0.0189. The van der Waals surface area contributed by atoms with Crippen molar-refractivity contribution in [2.45, 2.75) is 0 Å². The SMILES string of the molecule is O=C(Nc1ccccc1F)C1CNC1. The molecule has 1 heterocycles. The molecule has 14 heavy (non-hydrogen) atoms. The molecule has 2 rings (SSSR count). The predicted octanol–water partition coefficient (Wildman–Crippen LogP) is 0.984. The van der Waals surface area contributed by atoms with Crippen LogP contribution in [0.5, 0.6) is 0 Å². The second kappa shape index (κ2) is 3.75. The predicted molar refractivity (Wildman–Crippen MR) is 51.4 cm³/mol. The number of hydrogen-bond acceptors (Lipinski definition) is 2. The Bertz CT molecular complexity index is 350. The zero-order valence-electron chi connectivity index (χ0n) is 7.59. The second-order valence-corrected chi connectivity index (χ2v) is 3.32. The van der Waals surface area contributed by atoms with Gasteiger partial charge in [-0.3, -0.25) is 4.79 Å². The van der Waals surface area contributed by atoms with Crippen molar-refractivity contribution in [2.75, 3.05) is 18.4 Å². The summed E-state index contributed by atoms with van der Waals surface area (Å²) in [7, 11) is 0. The molecule has 74 valence electrons. The summed E-state index contributed by atoms with van der Waals surface area (Å²) in [6, 6.07) is 6.17. The summed E-state index contributed by atoms with van der Waals surface area (Å²) in [5.41, 5.74) is 0.254. The molecular weight excluding hydrogens is 183 g/mol. The van der Waals surface area contributed by atoms with Crippen LogP contribution < -0.4 is 10.6 Å². The van der Waals surface area contributed by atoms with E-state index < -0.39 is 5.82 Å². The number of carbonyl (C=O) groups is 1. The Labute approximate surface area is 81.3 Å². The standard InChI is InChI=1S/C10H11FN2O/c11-8-3-1-2-4-9(8)13-10(14)7-5-12-6-7/h1-4,7,12H,5-6H2,(H,13,14). The summed E-state index contributed by atoms with van der Waals surface area (Å²) in [4.78, 5) is 11.4. The minimum atomic E-state index is -0.395. The zero-order valence-corrected chi connectivity index (χ0v) is 7.59. The lowest BCUT2D eigenvalue weighted by Gasteiger charge is -2.25. The van der Waals surface area contributed by atoms with Crippen molar-refractivity contribution in [1.82, 2.24) is 5.32 Å². The number of anilines is 1. The fourth-order valence-corrected chi connectivity index (χ4v) is 1.27. The van der Waals surface area contributed by atoms with E-state index in [-0.39, 0.29) is 17.5 Å². The summed E-state index contributed by atoms with van der Waals surface area (Å²) in [6.45, 7) is 1.36. The number of hydrogen-bond donors (Lipinski definition) is 2. The van der Waals surface area contributed by atoms with Crippen molar-refractivity contribution in [3.05, 3.63) is 30.1 Å². The average Bonchev–Trinajstić information content (AvgIpc) is 2.05. The number of nitrogens with one attached hydrogen (secondary N) is 2. The van der Waals surface area contributed by atoms with Gasteiger partial charge in [0.25, 0.3) is 0 Å². The minimum Gasteiger partial charge on any atom is -0.323 e. The van der Waals surface area contributed by atoms with Crippen LogP contribution in [-0.2, 0) is 4.79 Å². The average molecular weight is 194 g/mol. The summed E-state index contributed by atoms with van der Waals surface area (Å²) < 4.78 is 13.1. The lowest BCUT2D eigenvalue weighted by atomic mass is 10.0. The van der Waals surface area contributed by atoms with Gasteiger partial charge in [0.15, 0.2) is 0 Å². The molecule has 0 spiro atoms. The van der Waals surface area contributed by atoms with Gasteiger partial charge in [0.05, 0.1) is 11.6 Å². The summed E-state index contributed by atoms with van der Waals surface area (Å²) in [6.07, 6.45) is 0. The van der Waals surface area contributed by atoms with Gasteiger partial charge in [-0.25, -0.2) is 4.39 Å². The first kappa shape index (κ1) is 9.15. The third-order valence-electron chi connectivity index (χ3n) is 2.28. The molecule has 0 saturated carbocycles. The highest BCUT2D eigenvalue weighted by molar-refractivity contribution is 5.93. The van der Waals surface area contributed by atoms with E-state index in [2.05, 4.69) is 10.6 Å². The summed E-state index contributed by atoms with van der Waals surface area (Å²) in [5, 5.41) is 5.55. The molecule has 1 fully saturated rings. The molecule has 3 nitrogen and oxygen atoms in total. The van der Waals surface area contributed by atoms with Crippen molar-refractivity contribution in [3.63, 3.8) is 0 Å². The fourth-order valence-electron chi connectivity index (χ4n) is 1.27. The number of para-hydroxylation sites is 1. The Kier molecular flexibility index (Phi) is 2.45. The smallest absolute Gasteiger partial charge is 0.230 e. The molecule has 0 unspecified atom stereocenters. The summed E-state index contributed by atoms with van der Waals surface area (Å²) >= 11 is 0. The van der Waals surface area contributed by atoms with Crippen molar-refractivity contribution in [1.29, 1.82) is 0 Å². The zero-order chi connectivity index (χ0) is 9.97. The highest BCUT2D eigenvalue weighted by Crippen LogP contribution is 2.14. The van der Waals surface area contributed by atoms with Crippen LogP contribution in [0.15, 0.2) is 24.3 Å². The molecular formula is C10H11FN2O. The highest BCUT2D eigenvalue weighted by atomic mass is 19.1. The highest BCUT2D eigenvalue weighted by Gasteiger charge is 2.25. The Morgan fingerprint density at radius 3 is 2.71 bits per heavy atom. The van der Waals surface area contributed by atoms with Crippen LogP contribution in [0.25, 0.3) is 0 Å². The quantitative estimate of drug-likeness (QED) is 0.737. The molecule has 0 bridgehead atoms. The van der Waals surface area contributed by atoms with E-state index in [1.54, 1.807) is 18.2 Å². The molecule has 1 aliphatic heterocycles. The molecule has 1 saturated heterocycles. The lowest BCUT2D eigenvalue weighted by molar-refractivity contribution is -0.121. The van der Waals surface area contributed by atoms with Crippen molar-refractivity contribution in [2.24, 2.45) is 5.92 Å². The van der Waals surface area contributed by atoms with Crippen molar-refractivity contribution in [3.8, 4) is 0 Å². The first-order valence-electron chi connectivity index (χ1n) is 4.53. The monoisotopic (exact) mass is 194 g/mol. The van der Waals surface area contributed by atoms with Gasteiger partial charge >= 0.3 is 0 Å². The molecule has 1 aliphatic rings. The van der Waals surface area contributed by atoms with Crippen LogP contribution in [0.2, 0.25) is 0 Å². The Balaban J connectivity index is 2.03. The molecule has 4 heteroatoms. The van der Waals surface area contributed by atoms with E-state index in [1.165, 1.54) is 6.07 Å². The van der Waals surface area contributed by atoms with Crippen LogP contribution >= 0.6 is 0 Å². The number of benzene rings is 1. The number of amides is 1. The molecule has 0 radical (unpaired) electrons. The van der Waals surface area contributed by atoms with Crippen LogP contribution in [0.4, 0.5) is 10.1 Å². The lowest BCUT2D eigenvalue weighted by Crippen LogP contribution is -2.48. The van der Waals surface area contributed by atoms with E-state index >= 15 is 0 Å². The number of halogens is 1. The Hall–Kier alpha value is -1.42. The maximum atomic E-state index is 13.1. The van der Waals surface area contributed by atoms with Crippen molar-refractivity contribution < 1.29 is 9.18 Å². The molecule has 2 N–H and O–H groups in total. The third kappa shape index (κ3) is 1.75.